The average Bonchev–Trinajstić information content (AvgIpc) is 3.07. The molecule has 132 valence electrons. The summed E-state index contributed by atoms with van der Waals surface area (Å²) in [4.78, 5) is 28.9. The van der Waals surface area contributed by atoms with Crippen molar-refractivity contribution in [1.82, 2.24) is 15.2 Å². The van der Waals surface area contributed by atoms with Gasteiger partial charge in [-0.15, -0.1) is 0 Å². The van der Waals surface area contributed by atoms with Crippen LogP contribution >= 0.6 is 0 Å². The van der Waals surface area contributed by atoms with Gasteiger partial charge < -0.3 is 15.2 Å². The van der Waals surface area contributed by atoms with E-state index in [1.165, 1.54) is 12.1 Å². The maximum atomic E-state index is 13.1. The smallest absolute Gasteiger partial charge is 0.271 e. The lowest BCUT2D eigenvalue weighted by Gasteiger charge is -2.27. The Kier molecular flexibility index (Phi) is 4.14. The highest BCUT2D eigenvalue weighted by Gasteiger charge is 2.25. The van der Waals surface area contributed by atoms with Crippen molar-refractivity contribution in [1.29, 1.82) is 0 Å². The van der Waals surface area contributed by atoms with E-state index in [2.05, 4.69) is 10.3 Å². The Balaban J connectivity index is 1.91. The minimum absolute atomic E-state index is 0.00912. The van der Waals surface area contributed by atoms with Crippen molar-refractivity contribution in [2.45, 2.75) is 0 Å². The first-order chi connectivity index (χ1) is 12.6. The number of benzene rings is 2. The zero-order valence-electron chi connectivity index (χ0n) is 14.1. The number of nitro groups is 1. The molecule has 3 aromatic rings. The molecule has 0 unspecified atom stereocenters. The van der Waals surface area contributed by atoms with Crippen molar-refractivity contribution >= 4 is 22.5 Å². The van der Waals surface area contributed by atoms with Crippen LogP contribution in [0.3, 0.4) is 0 Å². The van der Waals surface area contributed by atoms with Crippen LogP contribution in [-0.4, -0.2) is 46.9 Å². The maximum absolute atomic E-state index is 13.1. The summed E-state index contributed by atoms with van der Waals surface area (Å²) in [6.07, 6.45) is 0. The molecule has 1 aliphatic heterocycles. The number of rotatable bonds is 3. The predicted molar refractivity (Wildman–Crippen MR) is 99.2 cm³/mol. The Morgan fingerprint density at radius 2 is 1.81 bits per heavy atom. The average molecular weight is 350 g/mol. The third kappa shape index (κ3) is 2.82. The number of carbonyl (C=O) groups excluding carboxylic acids is 1. The lowest BCUT2D eigenvalue weighted by molar-refractivity contribution is -0.384. The monoisotopic (exact) mass is 350 g/mol. The van der Waals surface area contributed by atoms with Crippen LogP contribution in [-0.2, 0) is 0 Å². The van der Waals surface area contributed by atoms with Gasteiger partial charge in [0.05, 0.1) is 4.92 Å². The lowest BCUT2D eigenvalue weighted by Crippen LogP contribution is -2.46. The number of fused-ring (bicyclic) bond motifs is 1. The van der Waals surface area contributed by atoms with Gasteiger partial charge in [-0.05, 0) is 11.6 Å². The van der Waals surface area contributed by atoms with Crippen LogP contribution in [0.1, 0.15) is 10.5 Å². The first-order valence-corrected chi connectivity index (χ1v) is 8.50. The van der Waals surface area contributed by atoms with Gasteiger partial charge in [0.2, 0.25) is 0 Å². The summed E-state index contributed by atoms with van der Waals surface area (Å²) in [6.45, 7) is 2.81. The topological polar surface area (TPSA) is 91.3 Å². The highest BCUT2D eigenvalue weighted by molar-refractivity contribution is 6.10. The van der Waals surface area contributed by atoms with E-state index in [1.54, 1.807) is 6.07 Å². The SMILES string of the molecule is O=C(c1[nH]c2ccc([N+](=O)[O-])cc2c1-c1ccccc1)N1CCNCC1. The second-order valence-electron chi connectivity index (χ2n) is 6.27. The second kappa shape index (κ2) is 6.61. The number of H-pyrrole nitrogens is 1. The molecule has 0 saturated carbocycles. The molecule has 1 fully saturated rings. The number of piperazine rings is 1. The number of hydrogen-bond donors (Lipinski definition) is 2. The molecule has 26 heavy (non-hydrogen) atoms. The van der Waals surface area contributed by atoms with Gasteiger partial charge in [0.1, 0.15) is 5.69 Å². The Morgan fingerprint density at radius 3 is 2.50 bits per heavy atom. The molecule has 2 aromatic carbocycles. The highest BCUT2D eigenvalue weighted by Crippen LogP contribution is 2.35. The fourth-order valence-corrected chi connectivity index (χ4v) is 3.38. The van der Waals surface area contributed by atoms with E-state index in [0.717, 1.165) is 18.7 Å². The Hall–Kier alpha value is -3.19. The van der Waals surface area contributed by atoms with E-state index in [9.17, 15) is 14.9 Å². The molecule has 4 rings (SSSR count). The van der Waals surface area contributed by atoms with Crippen LogP contribution in [0.4, 0.5) is 5.69 Å². The van der Waals surface area contributed by atoms with Crippen molar-refractivity contribution in [3.05, 3.63) is 64.3 Å². The van der Waals surface area contributed by atoms with E-state index < -0.39 is 4.92 Å². The number of carbonyl (C=O) groups is 1. The number of nitrogens with one attached hydrogen (secondary N) is 2. The van der Waals surface area contributed by atoms with Crippen molar-refractivity contribution in [2.24, 2.45) is 0 Å². The number of amides is 1. The predicted octanol–water partition coefficient (Wildman–Crippen LogP) is 2.79. The van der Waals surface area contributed by atoms with Gasteiger partial charge in [0, 0.05) is 54.8 Å². The minimum Gasteiger partial charge on any atom is -0.350 e. The summed E-state index contributed by atoms with van der Waals surface area (Å²) < 4.78 is 0. The minimum atomic E-state index is -0.418. The summed E-state index contributed by atoms with van der Waals surface area (Å²) in [5.41, 5.74) is 2.78. The molecule has 0 bridgehead atoms. The zero-order chi connectivity index (χ0) is 18.1. The number of non-ortho nitro benzene ring substituents is 1. The summed E-state index contributed by atoms with van der Waals surface area (Å²) in [5, 5.41) is 15.1. The molecule has 0 radical (unpaired) electrons. The highest BCUT2D eigenvalue weighted by atomic mass is 16.6. The first-order valence-electron chi connectivity index (χ1n) is 8.50. The molecule has 7 nitrogen and oxygen atoms in total. The van der Waals surface area contributed by atoms with Gasteiger partial charge in [-0.1, -0.05) is 30.3 Å². The summed E-state index contributed by atoms with van der Waals surface area (Å²) in [6, 6.07) is 14.2. The largest absolute Gasteiger partial charge is 0.350 e. The van der Waals surface area contributed by atoms with E-state index in [-0.39, 0.29) is 11.6 Å². The number of nitrogens with zero attached hydrogens (tertiary/aromatic N) is 2. The van der Waals surface area contributed by atoms with Crippen LogP contribution in [0.2, 0.25) is 0 Å². The van der Waals surface area contributed by atoms with Gasteiger partial charge in [0.25, 0.3) is 11.6 Å². The number of aromatic nitrogens is 1. The van der Waals surface area contributed by atoms with Gasteiger partial charge in [0.15, 0.2) is 0 Å². The summed E-state index contributed by atoms with van der Waals surface area (Å²) >= 11 is 0. The molecule has 1 aliphatic rings. The third-order valence-electron chi connectivity index (χ3n) is 4.67. The van der Waals surface area contributed by atoms with E-state index in [0.29, 0.717) is 35.2 Å². The van der Waals surface area contributed by atoms with Crippen LogP contribution in [0.5, 0.6) is 0 Å². The molecule has 1 amide bonds. The zero-order valence-corrected chi connectivity index (χ0v) is 14.1. The molecule has 0 aliphatic carbocycles. The fourth-order valence-electron chi connectivity index (χ4n) is 3.38. The van der Waals surface area contributed by atoms with Crippen LogP contribution < -0.4 is 5.32 Å². The van der Waals surface area contributed by atoms with Crippen molar-refractivity contribution in [2.75, 3.05) is 26.2 Å². The molecule has 2 N–H and O–H groups in total. The lowest BCUT2D eigenvalue weighted by atomic mass is 10.0. The van der Waals surface area contributed by atoms with E-state index in [4.69, 9.17) is 0 Å². The summed E-state index contributed by atoms with van der Waals surface area (Å²) in [7, 11) is 0. The standard InChI is InChI=1S/C19H18N4O3/c24-19(22-10-8-20-9-11-22)18-17(13-4-2-1-3-5-13)15-12-14(23(25)26)6-7-16(15)21-18/h1-7,12,20-21H,8-11H2. The molecule has 0 atom stereocenters. The molecule has 2 heterocycles. The number of nitro benzene ring substituents is 1. The molecule has 1 aromatic heterocycles. The van der Waals surface area contributed by atoms with Crippen LogP contribution in [0, 0.1) is 10.1 Å². The van der Waals surface area contributed by atoms with Crippen molar-refractivity contribution < 1.29 is 9.72 Å². The maximum Gasteiger partial charge on any atom is 0.271 e. The Labute approximate surface area is 149 Å². The van der Waals surface area contributed by atoms with Gasteiger partial charge in [-0.25, -0.2) is 0 Å². The van der Waals surface area contributed by atoms with Gasteiger partial charge in [-0.2, -0.15) is 0 Å². The van der Waals surface area contributed by atoms with Gasteiger partial charge >= 0.3 is 0 Å². The fraction of sp³-hybridized carbons (Fsp3) is 0.211. The van der Waals surface area contributed by atoms with E-state index >= 15 is 0 Å². The normalized spacial score (nSPS) is 14.5. The van der Waals surface area contributed by atoms with Gasteiger partial charge in [-0.3, -0.25) is 14.9 Å². The molecular weight excluding hydrogens is 332 g/mol. The van der Waals surface area contributed by atoms with Crippen LogP contribution in [0.25, 0.3) is 22.0 Å². The molecular formula is C19H18N4O3. The number of aromatic amines is 1. The second-order valence-corrected chi connectivity index (χ2v) is 6.27. The molecule has 1 saturated heterocycles. The first kappa shape index (κ1) is 16.3. The summed E-state index contributed by atoms with van der Waals surface area (Å²) in [5.74, 6) is -0.0794. The van der Waals surface area contributed by atoms with Crippen LogP contribution in [0.15, 0.2) is 48.5 Å². The van der Waals surface area contributed by atoms with Crippen molar-refractivity contribution in [3.63, 3.8) is 0 Å². The van der Waals surface area contributed by atoms with Crippen molar-refractivity contribution in [3.8, 4) is 11.1 Å². The van der Waals surface area contributed by atoms with E-state index in [1.807, 2.05) is 35.2 Å². The number of hydrogen-bond acceptors (Lipinski definition) is 4. The molecule has 0 spiro atoms. The Morgan fingerprint density at radius 1 is 1.08 bits per heavy atom. The molecule has 7 heteroatoms. The quantitative estimate of drug-likeness (QED) is 0.561. The Bertz CT molecular complexity index is 975. The third-order valence-corrected chi connectivity index (χ3v) is 4.67.